The van der Waals surface area contributed by atoms with Crippen LogP contribution in [-0.2, 0) is 11.8 Å². The van der Waals surface area contributed by atoms with Crippen LogP contribution in [0.3, 0.4) is 0 Å². The molecule has 0 aliphatic rings. The number of nitrogens with zero attached hydrogens (tertiary/aromatic N) is 2. The Morgan fingerprint density at radius 2 is 2.07 bits per heavy atom. The minimum atomic E-state index is -0.772. The summed E-state index contributed by atoms with van der Waals surface area (Å²) in [5, 5.41) is -0.110. The number of esters is 1. The summed E-state index contributed by atoms with van der Waals surface area (Å²) in [6.45, 7) is 0. The van der Waals surface area contributed by atoms with Crippen LogP contribution >= 0.6 is 11.6 Å². The van der Waals surface area contributed by atoms with Crippen LogP contribution in [0.2, 0.25) is 5.28 Å². The average molecular weight is 233 g/mol. The maximum atomic E-state index is 11.6. The van der Waals surface area contributed by atoms with E-state index in [-0.39, 0.29) is 16.7 Å². The van der Waals surface area contributed by atoms with Gasteiger partial charge in [0.1, 0.15) is 0 Å². The molecule has 0 spiro atoms. The smallest absolute Gasteiger partial charge is 0.360 e. The van der Waals surface area contributed by atoms with E-state index in [9.17, 15) is 9.59 Å². The molecule has 0 N–H and O–H groups in total. The Hall–Kier alpha value is -1.56. The number of hydrogen-bond acceptors (Lipinski definition) is 5. The fourth-order valence-corrected chi connectivity index (χ4v) is 1.14. The highest BCUT2D eigenvalue weighted by molar-refractivity contribution is 6.28. The van der Waals surface area contributed by atoms with Crippen LogP contribution in [-0.4, -0.2) is 29.7 Å². The number of hydrogen-bond donors (Lipinski definition) is 0. The van der Waals surface area contributed by atoms with Crippen molar-refractivity contribution in [3.05, 3.63) is 21.3 Å². The third-order valence-corrected chi connectivity index (χ3v) is 2.12. The molecule has 6 nitrogen and oxygen atoms in total. The SMILES string of the molecule is COC(=O)c1nc(Cl)n(C)c(=O)c1OC. The first-order valence-electron chi connectivity index (χ1n) is 3.91. The van der Waals surface area contributed by atoms with Crippen molar-refractivity contribution in [1.29, 1.82) is 0 Å². The maximum Gasteiger partial charge on any atom is 0.360 e. The van der Waals surface area contributed by atoms with Gasteiger partial charge in [-0.15, -0.1) is 0 Å². The largest absolute Gasteiger partial charge is 0.489 e. The highest BCUT2D eigenvalue weighted by Crippen LogP contribution is 2.14. The highest BCUT2D eigenvalue weighted by atomic mass is 35.5. The Morgan fingerprint density at radius 1 is 1.47 bits per heavy atom. The molecule has 0 aliphatic heterocycles. The summed E-state index contributed by atoms with van der Waals surface area (Å²) >= 11 is 5.64. The molecule has 15 heavy (non-hydrogen) atoms. The van der Waals surface area contributed by atoms with E-state index in [1.54, 1.807) is 0 Å². The average Bonchev–Trinajstić information content (AvgIpc) is 2.24. The molecule has 0 aromatic carbocycles. The van der Waals surface area contributed by atoms with E-state index in [2.05, 4.69) is 9.72 Å². The first-order chi connectivity index (χ1) is 7.02. The van der Waals surface area contributed by atoms with Crippen molar-refractivity contribution in [3.8, 4) is 5.75 Å². The van der Waals surface area contributed by atoms with E-state index < -0.39 is 11.5 Å². The zero-order valence-electron chi connectivity index (χ0n) is 8.41. The molecule has 1 aromatic heterocycles. The Kier molecular flexibility index (Phi) is 3.31. The number of rotatable bonds is 2. The van der Waals surface area contributed by atoms with Crippen LogP contribution < -0.4 is 10.3 Å². The maximum absolute atomic E-state index is 11.6. The van der Waals surface area contributed by atoms with Crippen LogP contribution in [0.5, 0.6) is 5.75 Å². The summed E-state index contributed by atoms with van der Waals surface area (Å²) in [5.41, 5.74) is -0.772. The van der Waals surface area contributed by atoms with Crippen molar-refractivity contribution in [2.45, 2.75) is 0 Å². The van der Waals surface area contributed by atoms with Gasteiger partial charge in [0.15, 0.2) is 5.69 Å². The Labute approximate surface area is 90.4 Å². The molecule has 0 radical (unpaired) electrons. The van der Waals surface area contributed by atoms with Gasteiger partial charge in [-0.05, 0) is 11.6 Å². The summed E-state index contributed by atoms with van der Waals surface area (Å²) in [7, 11) is 3.86. The number of aromatic nitrogens is 2. The lowest BCUT2D eigenvalue weighted by atomic mass is 10.3. The number of ether oxygens (including phenoxy) is 2. The molecule has 0 fully saturated rings. The van der Waals surface area contributed by atoms with Gasteiger partial charge in [-0.1, -0.05) is 0 Å². The molecule has 0 unspecified atom stereocenters. The monoisotopic (exact) mass is 232 g/mol. The first-order valence-corrected chi connectivity index (χ1v) is 4.29. The van der Waals surface area contributed by atoms with Gasteiger partial charge < -0.3 is 9.47 Å². The lowest BCUT2D eigenvalue weighted by Gasteiger charge is -2.08. The second kappa shape index (κ2) is 4.31. The highest BCUT2D eigenvalue weighted by Gasteiger charge is 2.20. The van der Waals surface area contributed by atoms with Crippen LogP contribution in [0, 0.1) is 0 Å². The van der Waals surface area contributed by atoms with Crippen molar-refractivity contribution < 1.29 is 14.3 Å². The van der Waals surface area contributed by atoms with E-state index in [0.717, 1.165) is 4.57 Å². The molecule has 0 amide bonds. The lowest BCUT2D eigenvalue weighted by molar-refractivity contribution is 0.0589. The number of halogens is 1. The molecule has 1 aromatic rings. The summed E-state index contributed by atoms with van der Waals surface area (Å²) in [5.74, 6) is -0.958. The molecule has 7 heteroatoms. The van der Waals surface area contributed by atoms with E-state index in [4.69, 9.17) is 16.3 Å². The van der Waals surface area contributed by atoms with E-state index in [0.29, 0.717) is 0 Å². The fourth-order valence-electron chi connectivity index (χ4n) is 0.974. The molecule has 1 rings (SSSR count). The van der Waals surface area contributed by atoms with Gasteiger partial charge in [0, 0.05) is 7.05 Å². The zero-order chi connectivity index (χ0) is 11.6. The molecular formula is C8H9ClN2O4. The summed E-state index contributed by atoms with van der Waals surface area (Å²) < 4.78 is 10.3. The van der Waals surface area contributed by atoms with E-state index >= 15 is 0 Å². The third-order valence-electron chi connectivity index (χ3n) is 1.78. The van der Waals surface area contributed by atoms with Crippen molar-refractivity contribution in [2.75, 3.05) is 14.2 Å². The predicted molar refractivity (Wildman–Crippen MR) is 52.4 cm³/mol. The normalized spacial score (nSPS) is 9.87. The van der Waals surface area contributed by atoms with E-state index in [1.807, 2.05) is 0 Å². The third kappa shape index (κ3) is 1.94. The van der Waals surface area contributed by atoms with Crippen LogP contribution in [0.1, 0.15) is 10.5 Å². The minimum Gasteiger partial charge on any atom is -0.489 e. The molecule has 1 heterocycles. The predicted octanol–water partition coefficient (Wildman–Crippen LogP) is 0.229. The van der Waals surface area contributed by atoms with Gasteiger partial charge in [0.05, 0.1) is 14.2 Å². The van der Waals surface area contributed by atoms with Crippen molar-refractivity contribution in [1.82, 2.24) is 9.55 Å². The minimum absolute atomic E-state index is 0.110. The zero-order valence-corrected chi connectivity index (χ0v) is 9.16. The summed E-state index contributed by atoms with van der Waals surface area (Å²) in [6, 6.07) is 0. The first kappa shape index (κ1) is 11.5. The molecule has 0 aliphatic carbocycles. The Bertz CT molecular complexity index is 455. The molecular weight excluding hydrogens is 224 g/mol. The van der Waals surface area contributed by atoms with Gasteiger partial charge >= 0.3 is 5.97 Å². The summed E-state index contributed by atoms with van der Waals surface area (Å²) in [4.78, 5) is 26.5. The van der Waals surface area contributed by atoms with Gasteiger partial charge in [-0.2, -0.15) is 0 Å². The number of carbonyl (C=O) groups excluding carboxylic acids is 1. The molecule has 0 bridgehead atoms. The van der Waals surface area contributed by atoms with Gasteiger partial charge in [0.2, 0.25) is 11.0 Å². The lowest BCUT2D eigenvalue weighted by Crippen LogP contribution is -2.24. The summed E-state index contributed by atoms with van der Waals surface area (Å²) in [6.07, 6.45) is 0. The quantitative estimate of drug-likeness (QED) is 0.539. The second-order valence-electron chi connectivity index (χ2n) is 2.62. The van der Waals surface area contributed by atoms with Crippen molar-refractivity contribution >= 4 is 17.6 Å². The van der Waals surface area contributed by atoms with Crippen LogP contribution in [0.15, 0.2) is 4.79 Å². The Balaban J connectivity index is 3.52. The van der Waals surface area contributed by atoms with Crippen molar-refractivity contribution in [3.63, 3.8) is 0 Å². The van der Waals surface area contributed by atoms with Crippen LogP contribution in [0.4, 0.5) is 0 Å². The topological polar surface area (TPSA) is 70.4 Å². The van der Waals surface area contributed by atoms with Crippen LogP contribution in [0.25, 0.3) is 0 Å². The number of carbonyl (C=O) groups is 1. The molecule has 0 atom stereocenters. The molecule has 0 saturated heterocycles. The number of methoxy groups -OCH3 is 2. The van der Waals surface area contributed by atoms with Gasteiger partial charge in [-0.25, -0.2) is 9.78 Å². The standard InChI is InChI=1S/C8H9ClN2O4/c1-11-6(12)5(14-2)4(7(13)15-3)10-8(11)9/h1-3H3. The molecule has 0 saturated carbocycles. The Morgan fingerprint density at radius 3 is 2.53 bits per heavy atom. The van der Waals surface area contributed by atoms with Crippen molar-refractivity contribution in [2.24, 2.45) is 7.05 Å². The molecule has 82 valence electrons. The fraction of sp³-hybridized carbons (Fsp3) is 0.375. The van der Waals surface area contributed by atoms with Gasteiger partial charge in [-0.3, -0.25) is 9.36 Å². The second-order valence-corrected chi connectivity index (χ2v) is 2.96. The van der Waals surface area contributed by atoms with E-state index in [1.165, 1.54) is 21.3 Å². The van der Waals surface area contributed by atoms with Gasteiger partial charge in [0.25, 0.3) is 5.56 Å².